The maximum atomic E-state index is 12.6. The zero-order valence-electron chi connectivity index (χ0n) is 48.8. The van der Waals surface area contributed by atoms with Gasteiger partial charge in [0.2, 0.25) is 5.36 Å². The SMILES string of the molecule is CCCCCCCCCCCCCCCCCCNC(=O)OCCN(CC)c1ccc2c(-c3ccccc3C(=O)[O-])c3ccc(=[N+](CC)CCOC(=O)NCCCCCCCCCCCCCCCCCC)cc-3oc2c1. The van der Waals surface area contributed by atoms with Crippen molar-refractivity contribution in [3.8, 4) is 22.5 Å². The van der Waals surface area contributed by atoms with E-state index >= 15 is 0 Å². The van der Waals surface area contributed by atoms with Crippen molar-refractivity contribution in [3.63, 3.8) is 0 Å². The third-order valence-electron chi connectivity index (χ3n) is 15.4. The van der Waals surface area contributed by atoms with Crippen LogP contribution in [0.4, 0.5) is 15.3 Å². The first kappa shape index (κ1) is 64.5. The number of carbonyl (C=O) groups is 3. The van der Waals surface area contributed by atoms with Crippen LogP contribution in [0.15, 0.2) is 65.1 Å². The summed E-state index contributed by atoms with van der Waals surface area (Å²) >= 11 is 0. The monoisotopic (exact) mass is 1060 g/mol. The van der Waals surface area contributed by atoms with Crippen LogP contribution < -0.4 is 30.6 Å². The number of amides is 2. The van der Waals surface area contributed by atoms with Crippen molar-refractivity contribution in [2.45, 2.75) is 233 Å². The summed E-state index contributed by atoms with van der Waals surface area (Å²) in [7, 11) is 0. The predicted molar refractivity (Wildman–Crippen MR) is 319 cm³/mol. The van der Waals surface area contributed by atoms with Crippen molar-refractivity contribution < 1.29 is 33.4 Å². The lowest BCUT2D eigenvalue weighted by atomic mass is 9.90. The number of aromatic carboxylic acids is 1. The van der Waals surface area contributed by atoms with Gasteiger partial charge in [-0.2, -0.15) is 0 Å². The molecule has 0 saturated carbocycles. The third-order valence-corrected chi connectivity index (χ3v) is 15.4. The van der Waals surface area contributed by atoms with Crippen LogP contribution in [0.25, 0.3) is 33.4 Å². The summed E-state index contributed by atoms with van der Waals surface area (Å²) in [6, 6.07) is 18.8. The van der Waals surface area contributed by atoms with Crippen molar-refractivity contribution in [2.75, 3.05) is 57.4 Å². The first-order valence-corrected chi connectivity index (χ1v) is 31.3. The van der Waals surface area contributed by atoms with Gasteiger partial charge in [-0.25, -0.2) is 14.2 Å². The summed E-state index contributed by atoms with van der Waals surface area (Å²) in [5, 5.41) is 20.0. The molecule has 2 aromatic carbocycles. The van der Waals surface area contributed by atoms with E-state index in [0.29, 0.717) is 56.2 Å². The van der Waals surface area contributed by atoms with Crippen molar-refractivity contribution >= 4 is 34.8 Å². The Bertz CT molecular complexity index is 2260. The van der Waals surface area contributed by atoms with Crippen molar-refractivity contribution in [2.24, 2.45) is 0 Å². The molecule has 1 aliphatic carbocycles. The molecule has 430 valence electrons. The lowest BCUT2D eigenvalue weighted by molar-refractivity contribution is -0.254. The quantitative estimate of drug-likeness (QED) is 0.0254. The number of anilines is 1. The minimum Gasteiger partial charge on any atom is -0.545 e. The van der Waals surface area contributed by atoms with Crippen LogP contribution in [0.2, 0.25) is 0 Å². The zero-order chi connectivity index (χ0) is 55.0. The van der Waals surface area contributed by atoms with Gasteiger partial charge in [0, 0.05) is 59.5 Å². The molecule has 11 nitrogen and oxygen atoms in total. The molecule has 0 aromatic heterocycles. The van der Waals surface area contributed by atoms with E-state index in [1.54, 1.807) is 12.1 Å². The summed E-state index contributed by atoms with van der Waals surface area (Å²) in [5.41, 5.74) is 3.59. The molecule has 2 amide bonds. The van der Waals surface area contributed by atoms with Gasteiger partial charge >= 0.3 is 12.2 Å². The molecular weight excluding hydrogens is 961 g/mol. The normalized spacial score (nSPS) is 11.8. The minimum atomic E-state index is -1.26. The average Bonchev–Trinajstić information content (AvgIpc) is 3.46. The second-order valence-corrected chi connectivity index (χ2v) is 21.6. The summed E-state index contributed by atoms with van der Waals surface area (Å²) in [4.78, 5) is 39.9. The number of carbonyl (C=O) groups excluding carboxylic acids is 3. The molecule has 0 atom stereocenters. The molecule has 4 rings (SSSR count). The van der Waals surface area contributed by atoms with Gasteiger partial charge in [0.05, 0.1) is 18.6 Å². The van der Waals surface area contributed by atoms with Gasteiger partial charge in [-0.15, -0.1) is 0 Å². The third kappa shape index (κ3) is 26.0. The first-order valence-electron chi connectivity index (χ1n) is 31.3. The second-order valence-electron chi connectivity index (χ2n) is 21.6. The molecule has 0 saturated heterocycles. The number of carboxylic acids is 1. The van der Waals surface area contributed by atoms with Crippen LogP contribution in [0, 0.1) is 0 Å². The molecule has 0 radical (unpaired) electrons. The topological polar surface area (TPSA) is 136 Å². The Morgan fingerprint density at radius 3 is 1.47 bits per heavy atom. The first-order chi connectivity index (χ1) is 37.8. The zero-order valence-corrected chi connectivity index (χ0v) is 48.8. The highest BCUT2D eigenvalue weighted by atomic mass is 16.6. The van der Waals surface area contributed by atoms with Crippen LogP contribution in [0.1, 0.15) is 244 Å². The molecule has 11 heteroatoms. The van der Waals surface area contributed by atoms with Crippen molar-refractivity contribution in [3.05, 3.63) is 71.6 Å². The molecule has 0 bridgehead atoms. The van der Waals surface area contributed by atoms with Crippen molar-refractivity contribution in [1.29, 1.82) is 0 Å². The number of unbranched alkanes of at least 4 members (excludes halogenated alkanes) is 30. The smallest absolute Gasteiger partial charge is 0.407 e. The Kier molecular flexibility index (Phi) is 34.4. The van der Waals surface area contributed by atoms with Crippen LogP contribution in [-0.2, 0) is 9.47 Å². The number of fused-ring (bicyclic) bond motifs is 2. The summed E-state index contributed by atoms with van der Waals surface area (Å²) in [6.45, 7) is 12.6. The fraction of sp³-hybridized carbons (Fsp3) is 0.667. The molecule has 2 aromatic rings. The number of nitrogens with zero attached hydrogens (tertiary/aromatic N) is 2. The predicted octanol–water partition coefficient (Wildman–Crippen LogP) is 16.2. The number of likely N-dealkylation sites (N-methyl/N-ethyl adjacent to an activating group) is 2. The fourth-order valence-electron chi connectivity index (χ4n) is 10.7. The van der Waals surface area contributed by atoms with Gasteiger partial charge in [0.15, 0.2) is 13.2 Å². The lowest BCUT2D eigenvalue weighted by Gasteiger charge is -2.24. The van der Waals surface area contributed by atoms with Gasteiger partial charge in [0.25, 0.3) is 0 Å². The maximum Gasteiger partial charge on any atom is 0.407 e. The van der Waals surface area contributed by atoms with E-state index in [9.17, 15) is 19.5 Å². The van der Waals surface area contributed by atoms with E-state index < -0.39 is 18.2 Å². The van der Waals surface area contributed by atoms with E-state index in [1.807, 2.05) is 48.5 Å². The Hall–Kier alpha value is -5.06. The molecule has 2 N–H and O–H groups in total. The molecule has 1 aliphatic heterocycles. The molecule has 77 heavy (non-hydrogen) atoms. The van der Waals surface area contributed by atoms with Crippen LogP contribution >= 0.6 is 0 Å². The lowest BCUT2D eigenvalue weighted by Crippen LogP contribution is -2.34. The maximum absolute atomic E-state index is 12.6. The molecular formula is C66H104N4O7. The molecule has 0 unspecified atom stereocenters. The van der Waals surface area contributed by atoms with Crippen LogP contribution in [-0.4, -0.2) is 70.6 Å². The number of ether oxygens (including phenoxy) is 2. The Balaban J connectivity index is 1.24. The average molecular weight is 1070 g/mol. The molecule has 0 spiro atoms. The number of benzene rings is 3. The van der Waals surface area contributed by atoms with Gasteiger partial charge in [-0.05, 0) is 50.5 Å². The number of rotatable bonds is 45. The highest BCUT2D eigenvalue weighted by Crippen LogP contribution is 2.42. The van der Waals surface area contributed by atoms with E-state index in [4.69, 9.17) is 13.9 Å². The van der Waals surface area contributed by atoms with Gasteiger partial charge in [-0.1, -0.05) is 231 Å². The fourth-order valence-corrected chi connectivity index (χ4v) is 10.7. The van der Waals surface area contributed by atoms with Crippen LogP contribution in [0.5, 0.6) is 0 Å². The Morgan fingerprint density at radius 2 is 1.00 bits per heavy atom. The van der Waals surface area contributed by atoms with Crippen LogP contribution in [0.3, 0.4) is 0 Å². The van der Waals surface area contributed by atoms with Gasteiger partial charge in [0.1, 0.15) is 24.5 Å². The Morgan fingerprint density at radius 1 is 0.532 bits per heavy atom. The largest absolute Gasteiger partial charge is 0.545 e. The Labute approximate surface area is 466 Å². The molecule has 1 heterocycles. The molecule has 0 fully saturated rings. The van der Waals surface area contributed by atoms with Gasteiger partial charge in [-0.3, -0.25) is 0 Å². The van der Waals surface area contributed by atoms with E-state index in [-0.39, 0.29) is 18.8 Å². The second kappa shape index (κ2) is 41.1. The number of hydrogen-bond donors (Lipinski definition) is 2. The summed E-state index contributed by atoms with van der Waals surface area (Å²) < 4.78 is 20.1. The number of hydrogen-bond acceptors (Lipinski definition) is 8. The number of carboxylic acid groups (broad SMARTS) is 1. The van der Waals surface area contributed by atoms with Gasteiger partial charge < -0.3 is 39.3 Å². The highest BCUT2D eigenvalue weighted by Gasteiger charge is 2.22. The number of nitrogens with one attached hydrogen (secondary N) is 2. The summed E-state index contributed by atoms with van der Waals surface area (Å²) in [6.07, 6.45) is 41.2. The number of alkyl carbamates (subject to hydrolysis) is 2. The van der Waals surface area contributed by atoms with Crippen molar-refractivity contribution in [1.82, 2.24) is 15.2 Å². The highest BCUT2D eigenvalue weighted by molar-refractivity contribution is 6.07. The van der Waals surface area contributed by atoms with E-state index in [1.165, 1.54) is 180 Å². The van der Waals surface area contributed by atoms with E-state index in [0.717, 1.165) is 53.2 Å². The standard InChI is InChI=1S/C66H104N4O7/c1-5-9-11-13-15-17-19-21-23-25-27-29-31-33-35-39-47-67-65(73)75-51-49-69(7-3)55-43-45-59-61(53-55)77-62-54-56(44-46-60(62)63(59)57-41-37-38-42-58(57)64(71)72)70(8-4)50-52-76-66(74)68-48-40-36-34-32-30-28-26-24-22-20-18-16-14-12-10-6-2/h37-38,41-46,53-54H,5-36,39-40,47-52H2,1-4H3,(H2-,67,68,71,72,73,74). The summed E-state index contributed by atoms with van der Waals surface area (Å²) in [5.74, 6) is -0.674. The molecule has 2 aliphatic rings. The minimum absolute atomic E-state index is 0.0929. The van der Waals surface area contributed by atoms with E-state index in [2.05, 4.69) is 47.8 Å².